The molecule has 2 aromatic carbocycles. The van der Waals surface area contributed by atoms with Crippen LogP contribution in [0.2, 0.25) is 0 Å². The minimum atomic E-state index is -0.622. The van der Waals surface area contributed by atoms with E-state index in [1.165, 1.54) is 0 Å². The number of benzene rings is 2. The molecule has 0 aromatic heterocycles. The zero-order valence-corrected chi connectivity index (χ0v) is 13.3. The Balaban J connectivity index is 1.81. The molecule has 1 spiro atoms. The van der Waals surface area contributed by atoms with Gasteiger partial charge >= 0.3 is 0 Å². The van der Waals surface area contributed by atoms with E-state index in [0.717, 1.165) is 29.8 Å². The van der Waals surface area contributed by atoms with Crippen LogP contribution >= 0.6 is 0 Å². The third-order valence-electron chi connectivity index (χ3n) is 5.24. The molecule has 2 heterocycles. The van der Waals surface area contributed by atoms with Crippen molar-refractivity contribution in [2.24, 2.45) is 0 Å². The van der Waals surface area contributed by atoms with Crippen molar-refractivity contribution in [3.8, 4) is 0 Å². The standard InChI is InChI=1S/C18H18N3O3/c1-20-15-5-3-2-4-14(15)18(17(20)22)10-11-19-16(18)12-6-8-13(9-7-12)21(23)24/h2-9,16,19,23H,10-11H2,1H3/q-1/t16-,18-/m0/s1. The number of fused-ring (bicyclic) bond motifs is 2. The van der Waals surface area contributed by atoms with E-state index in [-0.39, 0.29) is 22.9 Å². The lowest BCUT2D eigenvalue weighted by atomic mass is 9.73. The molecule has 124 valence electrons. The number of nitrogens with zero attached hydrogens (tertiary/aromatic N) is 2. The van der Waals surface area contributed by atoms with Gasteiger partial charge in [-0.3, -0.25) is 10.0 Å². The number of likely N-dealkylation sites (N-methyl/N-ethyl adjacent to an activating group) is 1. The number of hydrogen-bond acceptors (Lipinski definition) is 5. The Bertz CT molecular complexity index is 790. The molecule has 1 fully saturated rings. The highest BCUT2D eigenvalue weighted by molar-refractivity contribution is 6.08. The number of nitrogens with one attached hydrogen (secondary N) is 1. The fourth-order valence-corrected chi connectivity index (χ4v) is 4.12. The second kappa shape index (κ2) is 5.31. The van der Waals surface area contributed by atoms with Gasteiger partial charge in [0.2, 0.25) is 5.91 Å². The molecule has 24 heavy (non-hydrogen) atoms. The first-order valence-corrected chi connectivity index (χ1v) is 7.93. The Hall–Kier alpha value is -2.41. The Labute approximate surface area is 139 Å². The van der Waals surface area contributed by atoms with Crippen LogP contribution in [0.5, 0.6) is 0 Å². The summed E-state index contributed by atoms with van der Waals surface area (Å²) in [5.41, 5.74) is 2.47. The summed E-state index contributed by atoms with van der Waals surface area (Å²) < 4.78 is 0. The van der Waals surface area contributed by atoms with Crippen molar-refractivity contribution in [1.82, 2.24) is 5.32 Å². The summed E-state index contributed by atoms with van der Waals surface area (Å²) in [5, 5.41) is 23.3. The van der Waals surface area contributed by atoms with Crippen molar-refractivity contribution in [2.75, 3.05) is 23.7 Å². The quantitative estimate of drug-likeness (QED) is 0.829. The van der Waals surface area contributed by atoms with E-state index < -0.39 is 5.41 Å². The van der Waals surface area contributed by atoms with Crippen LogP contribution in [-0.2, 0) is 10.2 Å². The highest BCUT2D eigenvalue weighted by Crippen LogP contribution is 2.52. The molecule has 2 aliphatic heterocycles. The highest BCUT2D eigenvalue weighted by Gasteiger charge is 2.57. The molecule has 2 aliphatic rings. The maximum Gasteiger partial charge on any atom is 0.239 e. The van der Waals surface area contributed by atoms with Crippen LogP contribution in [0, 0.1) is 5.21 Å². The van der Waals surface area contributed by atoms with Gasteiger partial charge in [0.1, 0.15) is 0 Å². The summed E-state index contributed by atoms with van der Waals surface area (Å²) in [6.07, 6.45) is 0.729. The maximum atomic E-state index is 13.1. The van der Waals surface area contributed by atoms with Crippen LogP contribution in [0.15, 0.2) is 48.5 Å². The van der Waals surface area contributed by atoms with Crippen molar-refractivity contribution in [3.05, 3.63) is 64.9 Å². The average Bonchev–Trinajstić information content (AvgIpc) is 3.13. The van der Waals surface area contributed by atoms with E-state index in [0.29, 0.717) is 0 Å². The second-order valence-corrected chi connectivity index (χ2v) is 6.35. The summed E-state index contributed by atoms with van der Waals surface area (Å²) in [7, 11) is 1.81. The van der Waals surface area contributed by atoms with Gasteiger partial charge in [-0.25, -0.2) is 0 Å². The van der Waals surface area contributed by atoms with E-state index in [2.05, 4.69) is 5.32 Å². The Morgan fingerprint density at radius 2 is 1.96 bits per heavy atom. The van der Waals surface area contributed by atoms with Gasteiger partial charge in [-0.2, -0.15) is 0 Å². The third kappa shape index (κ3) is 1.91. The predicted octanol–water partition coefficient (Wildman–Crippen LogP) is 2.33. The van der Waals surface area contributed by atoms with Gasteiger partial charge in [-0.15, -0.1) is 0 Å². The number of carbonyl (C=O) groups is 1. The predicted molar refractivity (Wildman–Crippen MR) is 91.0 cm³/mol. The minimum Gasteiger partial charge on any atom is -0.733 e. The number of rotatable bonds is 2. The first kappa shape index (κ1) is 15.1. The summed E-state index contributed by atoms with van der Waals surface area (Å²) in [6, 6.07) is 14.4. The Morgan fingerprint density at radius 1 is 1.25 bits per heavy atom. The number of amides is 1. The molecular weight excluding hydrogens is 306 g/mol. The molecule has 4 rings (SSSR count). The number of anilines is 2. The van der Waals surface area contributed by atoms with Gasteiger partial charge in [-0.1, -0.05) is 30.3 Å². The minimum absolute atomic E-state index is 0.0930. The number of carbonyl (C=O) groups excluding carboxylic acids is 1. The molecule has 1 saturated heterocycles. The van der Waals surface area contributed by atoms with Crippen LogP contribution in [0.25, 0.3) is 0 Å². The lowest BCUT2D eigenvalue weighted by Crippen LogP contribution is -2.42. The first-order chi connectivity index (χ1) is 11.6. The molecule has 2 aromatic rings. The molecule has 2 N–H and O–H groups in total. The summed E-state index contributed by atoms with van der Waals surface area (Å²) in [5.74, 6) is 0.0930. The van der Waals surface area contributed by atoms with Crippen molar-refractivity contribution >= 4 is 17.3 Å². The van der Waals surface area contributed by atoms with Gasteiger partial charge in [0.15, 0.2) is 0 Å². The lowest BCUT2D eigenvalue weighted by molar-refractivity contribution is -0.123. The monoisotopic (exact) mass is 324 g/mol. The molecule has 2 atom stereocenters. The topological polar surface area (TPSA) is 78.9 Å². The van der Waals surface area contributed by atoms with Crippen molar-refractivity contribution in [1.29, 1.82) is 0 Å². The molecule has 6 nitrogen and oxygen atoms in total. The summed E-state index contributed by atoms with van der Waals surface area (Å²) in [6.45, 7) is 0.744. The largest absolute Gasteiger partial charge is 0.733 e. The lowest BCUT2D eigenvalue weighted by Gasteiger charge is -2.31. The molecule has 0 unspecified atom stereocenters. The van der Waals surface area contributed by atoms with Gasteiger partial charge in [-0.05, 0) is 42.3 Å². The van der Waals surface area contributed by atoms with Crippen LogP contribution < -0.4 is 15.4 Å². The molecule has 0 aliphatic carbocycles. The van der Waals surface area contributed by atoms with Crippen LogP contribution in [0.3, 0.4) is 0 Å². The number of hydrogen-bond donors (Lipinski definition) is 2. The van der Waals surface area contributed by atoms with Crippen LogP contribution in [0.4, 0.5) is 11.4 Å². The molecular formula is C18H18N3O3-. The Morgan fingerprint density at radius 3 is 2.67 bits per heavy atom. The molecule has 6 heteroatoms. The van der Waals surface area contributed by atoms with E-state index in [1.807, 2.05) is 31.3 Å². The normalized spacial score (nSPS) is 25.4. The number of para-hydroxylation sites is 1. The van der Waals surface area contributed by atoms with E-state index in [1.54, 1.807) is 29.2 Å². The average molecular weight is 324 g/mol. The molecule has 0 saturated carbocycles. The van der Waals surface area contributed by atoms with E-state index >= 15 is 0 Å². The van der Waals surface area contributed by atoms with Crippen molar-refractivity contribution in [3.63, 3.8) is 0 Å². The fourth-order valence-electron chi connectivity index (χ4n) is 4.12. The van der Waals surface area contributed by atoms with E-state index in [4.69, 9.17) is 5.21 Å². The van der Waals surface area contributed by atoms with Gasteiger partial charge in [0, 0.05) is 12.7 Å². The van der Waals surface area contributed by atoms with Gasteiger partial charge < -0.3 is 20.7 Å². The van der Waals surface area contributed by atoms with Crippen LogP contribution in [0.1, 0.15) is 23.6 Å². The summed E-state index contributed by atoms with van der Waals surface area (Å²) >= 11 is 0. The van der Waals surface area contributed by atoms with Gasteiger partial charge in [0.05, 0.1) is 17.1 Å². The zero-order chi connectivity index (χ0) is 16.9. The molecule has 0 bridgehead atoms. The van der Waals surface area contributed by atoms with Gasteiger partial charge in [0.25, 0.3) is 0 Å². The van der Waals surface area contributed by atoms with Crippen molar-refractivity contribution < 1.29 is 10.0 Å². The smallest absolute Gasteiger partial charge is 0.239 e. The van der Waals surface area contributed by atoms with Crippen LogP contribution in [-0.4, -0.2) is 24.7 Å². The fraction of sp³-hybridized carbons (Fsp3) is 0.278. The SMILES string of the molecule is CN1C(=O)[C@@]2(CCN[C@H]2c2ccc(N([O-])O)cc2)c2ccccc21. The molecule has 1 amide bonds. The highest BCUT2D eigenvalue weighted by atomic mass is 16.8. The first-order valence-electron chi connectivity index (χ1n) is 7.93. The zero-order valence-electron chi connectivity index (χ0n) is 13.3. The third-order valence-corrected chi connectivity index (χ3v) is 5.24. The summed E-state index contributed by atoms with van der Waals surface area (Å²) in [4.78, 5) is 14.9. The van der Waals surface area contributed by atoms with Crippen molar-refractivity contribution in [2.45, 2.75) is 17.9 Å². The Kier molecular flexibility index (Phi) is 3.35. The maximum absolute atomic E-state index is 13.1. The second-order valence-electron chi connectivity index (χ2n) is 6.35. The molecule has 0 radical (unpaired) electrons. The van der Waals surface area contributed by atoms with E-state index in [9.17, 15) is 10.0 Å².